The highest BCUT2D eigenvalue weighted by atomic mass is 16.4. The van der Waals surface area contributed by atoms with Gasteiger partial charge in [-0.25, -0.2) is 0 Å². The molecule has 1 saturated heterocycles. The van der Waals surface area contributed by atoms with Crippen molar-refractivity contribution in [3.05, 3.63) is 0 Å². The van der Waals surface area contributed by atoms with Gasteiger partial charge in [-0.05, 0) is 19.5 Å². The number of nitrogens with one attached hydrogen (secondary N) is 2. The second-order valence-electron chi connectivity index (χ2n) is 3.96. The zero-order valence-corrected chi connectivity index (χ0v) is 8.95. The Morgan fingerprint density at radius 1 is 1.00 bits per heavy atom. The smallest absolute Gasteiger partial charge is 0.111 e. The van der Waals surface area contributed by atoms with Crippen molar-refractivity contribution in [3.63, 3.8) is 0 Å². The molecule has 7 N–H and O–H groups in total. The van der Waals surface area contributed by atoms with Gasteiger partial charge in [0.25, 0.3) is 0 Å². The van der Waals surface area contributed by atoms with Crippen LogP contribution >= 0.6 is 0 Å². The molecule has 1 aliphatic rings. The molecule has 96 valence electrons. The molecular weight excluding hydrogens is 216 g/mol. The molecule has 1 rings (SSSR count). The van der Waals surface area contributed by atoms with Crippen LogP contribution < -0.4 is 10.6 Å². The zero-order chi connectivity index (χ0) is 12.1. The van der Waals surface area contributed by atoms with Gasteiger partial charge in [-0.1, -0.05) is 0 Å². The Morgan fingerprint density at radius 2 is 1.56 bits per heavy atom. The molecule has 7 nitrogen and oxygen atoms in total. The van der Waals surface area contributed by atoms with Crippen LogP contribution in [0.2, 0.25) is 0 Å². The van der Waals surface area contributed by atoms with Gasteiger partial charge in [0.1, 0.15) is 24.4 Å². The third-order valence-electron chi connectivity index (χ3n) is 2.70. The molecule has 0 radical (unpaired) electrons. The Labute approximate surface area is 93.7 Å². The van der Waals surface area contributed by atoms with E-state index in [0.29, 0.717) is 13.1 Å². The lowest BCUT2D eigenvalue weighted by molar-refractivity contribution is -0.125. The molecule has 0 amide bonds. The van der Waals surface area contributed by atoms with Crippen LogP contribution in [0.25, 0.3) is 0 Å². The largest absolute Gasteiger partial charge is 0.394 e. The highest BCUT2D eigenvalue weighted by Crippen LogP contribution is 2.08. The van der Waals surface area contributed by atoms with E-state index in [2.05, 4.69) is 10.6 Å². The van der Waals surface area contributed by atoms with Gasteiger partial charge in [0.05, 0.1) is 12.8 Å². The monoisotopic (exact) mass is 236 g/mol. The fourth-order valence-corrected chi connectivity index (χ4v) is 1.65. The predicted octanol–water partition coefficient (Wildman–Crippen LogP) is -3.67. The van der Waals surface area contributed by atoms with Crippen molar-refractivity contribution < 1.29 is 25.5 Å². The minimum atomic E-state index is -1.58. The SMILES string of the molecule is OC[C@H](O)[C@H](O)[C@H](O)[C@@H](O)C1NCCCN1. The Kier molecular flexibility index (Phi) is 5.56. The van der Waals surface area contributed by atoms with E-state index in [-0.39, 0.29) is 0 Å². The van der Waals surface area contributed by atoms with Crippen LogP contribution in [-0.2, 0) is 0 Å². The van der Waals surface area contributed by atoms with Crippen molar-refractivity contribution in [1.82, 2.24) is 10.6 Å². The Bertz CT molecular complexity index is 194. The van der Waals surface area contributed by atoms with Crippen LogP contribution in [0.15, 0.2) is 0 Å². The van der Waals surface area contributed by atoms with Gasteiger partial charge < -0.3 is 25.5 Å². The first-order valence-corrected chi connectivity index (χ1v) is 5.38. The molecule has 0 aromatic carbocycles. The second-order valence-corrected chi connectivity index (χ2v) is 3.96. The molecule has 0 saturated carbocycles. The summed E-state index contributed by atoms with van der Waals surface area (Å²) in [5.74, 6) is 0. The summed E-state index contributed by atoms with van der Waals surface area (Å²) in [6.45, 7) is 0.747. The third-order valence-corrected chi connectivity index (χ3v) is 2.70. The standard InChI is InChI=1S/C9H20N2O5/c12-4-5(13)6(14)7(15)8(16)9-10-2-1-3-11-9/h5-16H,1-4H2/t5-,6-,7-,8+/m0/s1. The Morgan fingerprint density at radius 3 is 2.06 bits per heavy atom. The maximum absolute atomic E-state index is 9.73. The fraction of sp³-hybridized carbons (Fsp3) is 1.00. The molecule has 0 bridgehead atoms. The van der Waals surface area contributed by atoms with E-state index in [9.17, 15) is 15.3 Å². The average molecular weight is 236 g/mol. The highest BCUT2D eigenvalue weighted by Gasteiger charge is 2.34. The molecule has 0 spiro atoms. The molecular formula is C9H20N2O5. The molecule has 0 unspecified atom stereocenters. The zero-order valence-electron chi connectivity index (χ0n) is 8.95. The summed E-state index contributed by atoms with van der Waals surface area (Å²) in [6, 6.07) is 0. The summed E-state index contributed by atoms with van der Waals surface area (Å²) >= 11 is 0. The quantitative estimate of drug-likeness (QED) is 0.262. The summed E-state index contributed by atoms with van der Waals surface area (Å²) in [4.78, 5) is 0. The van der Waals surface area contributed by atoms with Crippen LogP contribution in [-0.4, -0.2) is 75.8 Å². The molecule has 0 aliphatic carbocycles. The van der Waals surface area contributed by atoms with E-state index in [1.54, 1.807) is 0 Å². The maximum Gasteiger partial charge on any atom is 0.111 e. The first-order valence-electron chi connectivity index (χ1n) is 5.38. The first-order chi connectivity index (χ1) is 7.57. The van der Waals surface area contributed by atoms with Crippen molar-refractivity contribution in [2.75, 3.05) is 19.7 Å². The van der Waals surface area contributed by atoms with E-state index in [1.165, 1.54) is 0 Å². The van der Waals surface area contributed by atoms with E-state index >= 15 is 0 Å². The molecule has 1 heterocycles. The lowest BCUT2D eigenvalue weighted by Crippen LogP contribution is -2.61. The summed E-state index contributed by atoms with van der Waals surface area (Å²) in [7, 11) is 0. The van der Waals surface area contributed by atoms with E-state index < -0.39 is 37.2 Å². The van der Waals surface area contributed by atoms with Gasteiger partial charge in [0.15, 0.2) is 0 Å². The minimum absolute atomic E-state index is 0.524. The first kappa shape index (κ1) is 13.8. The van der Waals surface area contributed by atoms with Gasteiger partial charge in [0.2, 0.25) is 0 Å². The fourth-order valence-electron chi connectivity index (χ4n) is 1.65. The van der Waals surface area contributed by atoms with Gasteiger partial charge in [0, 0.05) is 0 Å². The van der Waals surface area contributed by atoms with Gasteiger partial charge in [-0.15, -0.1) is 0 Å². The van der Waals surface area contributed by atoms with Crippen LogP contribution in [0.1, 0.15) is 6.42 Å². The predicted molar refractivity (Wildman–Crippen MR) is 55.5 cm³/mol. The Hall–Kier alpha value is -0.280. The second kappa shape index (κ2) is 6.45. The maximum atomic E-state index is 9.73. The Balaban J connectivity index is 2.47. The van der Waals surface area contributed by atoms with Crippen molar-refractivity contribution in [1.29, 1.82) is 0 Å². The van der Waals surface area contributed by atoms with Crippen molar-refractivity contribution in [2.45, 2.75) is 37.0 Å². The summed E-state index contributed by atoms with van der Waals surface area (Å²) < 4.78 is 0. The summed E-state index contributed by atoms with van der Waals surface area (Å²) in [6.07, 6.45) is -5.42. The number of aliphatic hydroxyl groups excluding tert-OH is 5. The van der Waals surface area contributed by atoms with Crippen molar-refractivity contribution >= 4 is 0 Å². The van der Waals surface area contributed by atoms with Crippen LogP contribution in [0.3, 0.4) is 0 Å². The number of aliphatic hydroxyl groups is 5. The van der Waals surface area contributed by atoms with E-state index in [1.807, 2.05) is 0 Å². The van der Waals surface area contributed by atoms with Crippen molar-refractivity contribution in [2.24, 2.45) is 0 Å². The molecule has 1 fully saturated rings. The third kappa shape index (κ3) is 3.36. The normalized spacial score (nSPS) is 26.1. The summed E-state index contributed by atoms with van der Waals surface area (Å²) in [5, 5.41) is 52.3. The number of hydrogen-bond donors (Lipinski definition) is 7. The lowest BCUT2D eigenvalue weighted by Gasteiger charge is -2.34. The molecule has 7 heteroatoms. The number of hydrogen-bond acceptors (Lipinski definition) is 7. The van der Waals surface area contributed by atoms with Gasteiger partial charge in [-0.3, -0.25) is 10.6 Å². The van der Waals surface area contributed by atoms with E-state index in [4.69, 9.17) is 10.2 Å². The topological polar surface area (TPSA) is 125 Å². The van der Waals surface area contributed by atoms with Gasteiger partial charge >= 0.3 is 0 Å². The number of rotatable bonds is 5. The average Bonchev–Trinajstić information content (AvgIpc) is 2.36. The summed E-state index contributed by atoms with van der Waals surface area (Å²) in [5.41, 5.74) is 0. The molecule has 0 aromatic heterocycles. The minimum Gasteiger partial charge on any atom is -0.394 e. The molecule has 4 atom stereocenters. The van der Waals surface area contributed by atoms with Crippen LogP contribution in [0.4, 0.5) is 0 Å². The van der Waals surface area contributed by atoms with E-state index in [0.717, 1.165) is 6.42 Å². The van der Waals surface area contributed by atoms with Crippen molar-refractivity contribution in [3.8, 4) is 0 Å². The molecule has 16 heavy (non-hydrogen) atoms. The lowest BCUT2D eigenvalue weighted by atomic mass is 10.0. The van der Waals surface area contributed by atoms with Gasteiger partial charge in [-0.2, -0.15) is 0 Å². The molecule has 1 aliphatic heterocycles. The van der Waals surface area contributed by atoms with Crippen LogP contribution in [0.5, 0.6) is 0 Å². The van der Waals surface area contributed by atoms with Crippen LogP contribution in [0, 0.1) is 0 Å². The highest BCUT2D eigenvalue weighted by molar-refractivity contribution is 4.88. The molecule has 0 aromatic rings.